The van der Waals surface area contributed by atoms with Gasteiger partial charge in [-0.3, -0.25) is 0 Å². The van der Waals surface area contributed by atoms with Gasteiger partial charge in [0.2, 0.25) is 10.0 Å². The highest BCUT2D eigenvalue weighted by atomic mass is 35.5. The highest BCUT2D eigenvalue weighted by molar-refractivity contribution is 7.89. The number of nitrogens with zero attached hydrogens (tertiary/aromatic N) is 1. The first-order valence-electron chi connectivity index (χ1n) is 6.48. The minimum Gasteiger partial charge on any atom is -0.465 e. The normalized spacial score (nSPS) is 18.8. The minimum atomic E-state index is -3.80. The third-order valence-electron chi connectivity index (χ3n) is 3.55. The largest absolute Gasteiger partial charge is 0.465 e. The summed E-state index contributed by atoms with van der Waals surface area (Å²) in [4.78, 5) is 11.6. The summed E-state index contributed by atoms with van der Waals surface area (Å²) in [6.45, 7) is 1.18. The summed E-state index contributed by atoms with van der Waals surface area (Å²) < 4.78 is 31.4. The Kier molecular flexibility index (Phi) is 6.64. The van der Waals surface area contributed by atoms with Crippen molar-refractivity contribution < 1.29 is 17.9 Å². The van der Waals surface area contributed by atoms with Crippen molar-refractivity contribution in [3.8, 4) is 0 Å². The molecule has 0 amide bonds. The summed E-state index contributed by atoms with van der Waals surface area (Å²) >= 11 is 5.88. The Morgan fingerprint density at radius 2 is 2.18 bits per heavy atom. The minimum absolute atomic E-state index is 0. The molecule has 1 fully saturated rings. The summed E-state index contributed by atoms with van der Waals surface area (Å²) in [5.74, 6) is -0.569. The van der Waals surface area contributed by atoms with E-state index in [0.29, 0.717) is 26.1 Å². The van der Waals surface area contributed by atoms with Gasteiger partial charge < -0.3 is 10.5 Å². The molecule has 124 valence electrons. The molecule has 0 bridgehead atoms. The second-order valence-corrected chi connectivity index (χ2v) is 7.23. The van der Waals surface area contributed by atoms with Crippen molar-refractivity contribution in [1.82, 2.24) is 4.31 Å². The molecule has 0 spiro atoms. The molecule has 1 saturated heterocycles. The monoisotopic (exact) mass is 368 g/mol. The average molecular weight is 369 g/mol. The van der Waals surface area contributed by atoms with Gasteiger partial charge in [0.25, 0.3) is 0 Å². The van der Waals surface area contributed by atoms with Crippen LogP contribution in [0.2, 0.25) is 5.02 Å². The molecule has 1 heterocycles. The Labute approximate surface area is 141 Å². The second kappa shape index (κ2) is 7.61. The van der Waals surface area contributed by atoms with E-state index in [1.54, 1.807) is 0 Å². The van der Waals surface area contributed by atoms with E-state index in [4.69, 9.17) is 17.3 Å². The van der Waals surface area contributed by atoms with E-state index in [1.165, 1.54) is 29.6 Å². The number of carbonyl (C=O) groups excluding carboxylic acids is 1. The molecule has 0 radical (unpaired) electrons. The number of halogens is 2. The van der Waals surface area contributed by atoms with Crippen molar-refractivity contribution in [2.75, 3.05) is 26.7 Å². The van der Waals surface area contributed by atoms with Gasteiger partial charge in [-0.1, -0.05) is 11.6 Å². The maximum atomic E-state index is 12.7. The SMILES string of the molecule is COC(=O)c1ccc(Cl)cc1S(=O)(=O)N1CCC(CN)C1.Cl. The van der Waals surface area contributed by atoms with Crippen molar-refractivity contribution in [3.05, 3.63) is 28.8 Å². The lowest BCUT2D eigenvalue weighted by molar-refractivity contribution is 0.0596. The van der Waals surface area contributed by atoms with Gasteiger partial charge in [-0.25, -0.2) is 13.2 Å². The lowest BCUT2D eigenvalue weighted by Crippen LogP contribution is -2.31. The van der Waals surface area contributed by atoms with E-state index >= 15 is 0 Å². The lowest BCUT2D eigenvalue weighted by atomic mass is 10.1. The maximum Gasteiger partial charge on any atom is 0.339 e. The number of hydrogen-bond acceptors (Lipinski definition) is 5. The Morgan fingerprint density at radius 3 is 2.73 bits per heavy atom. The zero-order valence-corrected chi connectivity index (χ0v) is 14.4. The average Bonchev–Trinajstić information content (AvgIpc) is 2.96. The van der Waals surface area contributed by atoms with Gasteiger partial charge in [0.05, 0.1) is 17.6 Å². The number of benzene rings is 1. The number of nitrogens with two attached hydrogens (primary N) is 1. The third-order valence-corrected chi connectivity index (χ3v) is 5.69. The number of rotatable bonds is 4. The molecule has 1 aliphatic rings. The fourth-order valence-corrected chi connectivity index (χ4v) is 4.31. The van der Waals surface area contributed by atoms with Gasteiger partial charge in [-0.2, -0.15) is 4.31 Å². The van der Waals surface area contributed by atoms with Crippen molar-refractivity contribution >= 4 is 40.0 Å². The van der Waals surface area contributed by atoms with Gasteiger partial charge >= 0.3 is 5.97 Å². The first-order chi connectivity index (χ1) is 9.90. The Hall–Kier alpha value is -0.860. The van der Waals surface area contributed by atoms with E-state index in [1.807, 2.05) is 0 Å². The van der Waals surface area contributed by atoms with Crippen LogP contribution in [-0.2, 0) is 14.8 Å². The Bertz CT molecular complexity index is 651. The second-order valence-electron chi connectivity index (χ2n) is 4.89. The van der Waals surface area contributed by atoms with E-state index < -0.39 is 16.0 Å². The number of methoxy groups -OCH3 is 1. The first kappa shape index (κ1) is 19.2. The van der Waals surface area contributed by atoms with Gasteiger partial charge in [0.1, 0.15) is 0 Å². The summed E-state index contributed by atoms with van der Waals surface area (Å²) in [7, 11) is -2.60. The lowest BCUT2D eigenvalue weighted by Gasteiger charge is -2.18. The molecular weight excluding hydrogens is 351 g/mol. The number of hydrogen-bond donors (Lipinski definition) is 1. The van der Waals surface area contributed by atoms with Crippen molar-refractivity contribution in [2.45, 2.75) is 11.3 Å². The van der Waals surface area contributed by atoms with Crippen LogP contribution in [0, 0.1) is 5.92 Å². The summed E-state index contributed by atoms with van der Waals surface area (Å²) in [5.41, 5.74) is 5.57. The van der Waals surface area contributed by atoms with Crippen molar-refractivity contribution in [1.29, 1.82) is 0 Å². The van der Waals surface area contributed by atoms with Gasteiger partial charge in [0, 0.05) is 18.1 Å². The Morgan fingerprint density at radius 1 is 1.50 bits per heavy atom. The molecule has 1 aliphatic heterocycles. The van der Waals surface area contributed by atoms with Gasteiger partial charge in [-0.15, -0.1) is 12.4 Å². The van der Waals surface area contributed by atoms with Crippen LogP contribution in [-0.4, -0.2) is 45.4 Å². The van der Waals surface area contributed by atoms with Gasteiger partial charge in [-0.05, 0) is 37.1 Å². The van der Waals surface area contributed by atoms with Gasteiger partial charge in [0.15, 0.2) is 0 Å². The molecule has 1 aromatic rings. The standard InChI is InChI=1S/C13H17ClN2O4S.ClH/c1-20-13(17)11-3-2-10(14)6-12(11)21(18,19)16-5-4-9(7-15)8-16;/h2-3,6,9H,4-5,7-8,15H2,1H3;1H. The number of esters is 1. The van der Waals surface area contributed by atoms with E-state index in [0.717, 1.165) is 0 Å². The maximum absolute atomic E-state index is 12.7. The topological polar surface area (TPSA) is 89.7 Å². The van der Waals surface area contributed by atoms with Crippen LogP contribution < -0.4 is 5.73 Å². The molecule has 1 unspecified atom stereocenters. The number of sulfonamides is 1. The molecule has 0 aliphatic carbocycles. The molecule has 0 aromatic heterocycles. The molecule has 22 heavy (non-hydrogen) atoms. The van der Waals surface area contributed by atoms with E-state index in [9.17, 15) is 13.2 Å². The molecule has 1 atom stereocenters. The zero-order chi connectivity index (χ0) is 15.6. The molecular formula is C13H18Cl2N2O4S. The summed E-state index contributed by atoms with van der Waals surface area (Å²) in [5, 5.41) is 0.246. The Balaban J connectivity index is 0.00000242. The summed E-state index contributed by atoms with van der Waals surface area (Å²) in [6.07, 6.45) is 0.712. The van der Waals surface area contributed by atoms with Crippen LogP contribution in [0.5, 0.6) is 0 Å². The number of carbonyl (C=O) groups is 1. The highest BCUT2D eigenvalue weighted by Gasteiger charge is 2.34. The van der Waals surface area contributed by atoms with Crippen LogP contribution in [0.4, 0.5) is 0 Å². The van der Waals surface area contributed by atoms with Crippen LogP contribution in [0.3, 0.4) is 0 Å². The van der Waals surface area contributed by atoms with Crippen LogP contribution in [0.25, 0.3) is 0 Å². The predicted octanol–water partition coefficient (Wildman–Crippen LogP) is 1.52. The van der Waals surface area contributed by atoms with Crippen LogP contribution in [0.15, 0.2) is 23.1 Å². The fraction of sp³-hybridized carbons (Fsp3) is 0.462. The van der Waals surface area contributed by atoms with Crippen LogP contribution >= 0.6 is 24.0 Å². The number of ether oxygens (including phenoxy) is 1. The molecule has 9 heteroatoms. The quantitative estimate of drug-likeness (QED) is 0.813. The molecule has 2 rings (SSSR count). The molecule has 6 nitrogen and oxygen atoms in total. The van der Waals surface area contributed by atoms with E-state index in [-0.39, 0.29) is 33.8 Å². The zero-order valence-electron chi connectivity index (χ0n) is 12.0. The first-order valence-corrected chi connectivity index (χ1v) is 8.30. The smallest absolute Gasteiger partial charge is 0.339 e. The molecule has 1 aromatic carbocycles. The van der Waals surface area contributed by atoms with E-state index in [2.05, 4.69) is 4.74 Å². The predicted molar refractivity (Wildman–Crippen MR) is 86.0 cm³/mol. The summed E-state index contributed by atoms with van der Waals surface area (Å²) in [6, 6.07) is 4.09. The molecule has 2 N–H and O–H groups in total. The highest BCUT2D eigenvalue weighted by Crippen LogP contribution is 2.28. The van der Waals surface area contributed by atoms with Crippen molar-refractivity contribution in [2.24, 2.45) is 11.7 Å². The van der Waals surface area contributed by atoms with Crippen LogP contribution in [0.1, 0.15) is 16.8 Å². The molecule has 0 saturated carbocycles. The fourth-order valence-electron chi connectivity index (χ4n) is 2.34. The van der Waals surface area contributed by atoms with Crippen molar-refractivity contribution in [3.63, 3.8) is 0 Å². The third kappa shape index (κ3) is 3.72.